The number of hydrogen-bond donors (Lipinski definition) is 2. The summed E-state index contributed by atoms with van der Waals surface area (Å²) in [6.45, 7) is 0. The molecule has 5 rings (SSSR count). The van der Waals surface area contributed by atoms with Gasteiger partial charge in [-0.1, -0.05) is 36.4 Å². The number of hydrogen-bond acceptors (Lipinski definition) is 4. The number of aromatic amines is 1. The Morgan fingerprint density at radius 2 is 1.97 bits per heavy atom. The molecule has 0 bridgehead atoms. The third-order valence-electron chi connectivity index (χ3n) is 4.84. The molecule has 2 heterocycles. The molecular formula is C22H17N5OS. The number of fused-ring (bicyclic) bond motifs is 2. The van der Waals surface area contributed by atoms with E-state index in [1.54, 1.807) is 17.5 Å². The second kappa shape index (κ2) is 7.03. The highest BCUT2D eigenvalue weighted by Crippen LogP contribution is 2.27. The van der Waals surface area contributed by atoms with Gasteiger partial charge in [0.2, 0.25) is 0 Å². The molecule has 5 aromatic rings. The Balaban J connectivity index is 1.41. The van der Waals surface area contributed by atoms with Crippen LogP contribution in [-0.2, 0) is 0 Å². The maximum Gasteiger partial charge on any atom is 0.326 e. The van der Waals surface area contributed by atoms with Gasteiger partial charge in [0.25, 0.3) is 0 Å². The van der Waals surface area contributed by atoms with Crippen molar-refractivity contribution >= 4 is 50.5 Å². The summed E-state index contributed by atoms with van der Waals surface area (Å²) in [4.78, 5) is 26.6. The highest BCUT2D eigenvalue weighted by atomic mass is 32.1. The topological polar surface area (TPSA) is 73.9 Å². The number of benzene rings is 3. The number of rotatable bonds is 3. The lowest BCUT2D eigenvalue weighted by molar-refractivity contribution is 0.258. The number of carbonyl (C=O) groups excluding carboxylic acids is 1. The monoisotopic (exact) mass is 399 g/mol. The Bertz CT molecular complexity index is 1320. The summed E-state index contributed by atoms with van der Waals surface area (Å²) in [7, 11) is 1.77. The molecule has 0 aliphatic rings. The fraction of sp³-hybridized carbons (Fsp3) is 0.0455. The van der Waals surface area contributed by atoms with Crippen LogP contribution in [0, 0.1) is 0 Å². The smallest absolute Gasteiger partial charge is 0.326 e. The molecule has 0 spiro atoms. The standard InChI is InChI=1S/C22H17N5OS/c1-27(20-8-4-6-14-5-2-3-7-16(14)20)22(28)24-15-9-10-17-18(11-15)26-21(25-17)19-12-29-13-23-19/h2-13H,1H3,(H,24,28)(H,25,26). The first kappa shape index (κ1) is 17.4. The fourth-order valence-corrected chi connectivity index (χ4v) is 3.89. The molecule has 2 N–H and O–H groups in total. The predicted octanol–water partition coefficient (Wildman–Crippen LogP) is 5.51. The normalized spacial score (nSPS) is 11.1. The van der Waals surface area contributed by atoms with Crippen molar-refractivity contribution in [3.63, 3.8) is 0 Å². The second-order valence-electron chi connectivity index (χ2n) is 6.68. The van der Waals surface area contributed by atoms with Gasteiger partial charge in [-0.15, -0.1) is 11.3 Å². The average molecular weight is 399 g/mol. The van der Waals surface area contributed by atoms with Crippen molar-refractivity contribution < 1.29 is 4.79 Å². The van der Waals surface area contributed by atoms with E-state index >= 15 is 0 Å². The van der Waals surface area contributed by atoms with Crippen LogP contribution < -0.4 is 10.2 Å². The van der Waals surface area contributed by atoms with Crippen LogP contribution in [0.5, 0.6) is 0 Å². The maximum atomic E-state index is 12.9. The van der Waals surface area contributed by atoms with Gasteiger partial charge < -0.3 is 10.3 Å². The highest BCUT2D eigenvalue weighted by Gasteiger charge is 2.14. The van der Waals surface area contributed by atoms with Gasteiger partial charge >= 0.3 is 6.03 Å². The van der Waals surface area contributed by atoms with Crippen molar-refractivity contribution in [2.75, 3.05) is 17.3 Å². The van der Waals surface area contributed by atoms with Crippen LogP contribution in [0.1, 0.15) is 0 Å². The molecule has 0 aliphatic carbocycles. The summed E-state index contributed by atoms with van der Waals surface area (Å²) in [5.41, 5.74) is 5.80. The zero-order valence-corrected chi connectivity index (χ0v) is 16.4. The molecule has 2 aromatic heterocycles. The summed E-state index contributed by atoms with van der Waals surface area (Å²) in [6, 6.07) is 19.4. The molecule has 142 valence electrons. The largest absolute Gasteiger partial charge is 0.337 e. The van der Waals surface area contributed by atoms with Crippen LogP contribution in [-0.4, -0.2) is 28.0 Å². The molecule has 2 amide bonds. The van der Waals surface area contributed by atoms with Gasteiger partial charge in [0.1, 0.15) is 5.69 Å². The van der Waals surface area contributed by atoms with Crippen LogP contribution in [0.25, 0.3) is 33.3 Å². The van der Waals surface area contributed by atoms with E-state index in [1.807, 2.05) is 66.0 Å². The van der Waals surface area contributed by atoms with Crippen molar-refractivity contribution in [1.29, 1.82) is 0 Å². The Labute approximate surface area is 170 Å². The Hall–Kier alpha value is -3.71. The van der Waals surface area contributed by atoms with E-state index in [2.05, 4.69) is 20.3 Å². The third-order valence-corrected chi connectivity index (χ3v) is 5.43. The number of nitrogens with zero attached hydrogens (tertiary/aromatic N) is 3. The molecule has 3 aromatic carbocycles. The molecule has 0 unspecified atom stereocenters. The zero-order valence-electron chi connectivity index (χ0n) is 15.6. The van der Waals surface area contributed by atoms with E-state index < -0.39 is 0 Å². The van der Waals surface area contributed by atoms with Crippen LogP contribution in [0.2, 0.25) is 0 Å². The molecule has 0 saturated heterocycles. The predicted molar refractivity (Wildman–Crippen MR) is 119 cm³/mol. The molecule has 29 heavy (non-hydrogen) atoms. The van der Waals surface area contributed by atoms with E-state index in [4.69, 9.17) is 0 Å². The summed E-state index contributed by atoms with van der Waals surface area (Å²) in [5.74, 6) is 0.720. The molecule has 0 fully saturated rings. The zero-order chi connectivity index (χ0) is 19.8. The Kier molecular flexibility index (Phi) is 4.22. The number of thiazole rings is 1. The quantitative estimate of drug-likeness (QED) is 0.420. The summed E-state index contributed by atoms with van der Waals surface area (Å²) in [5, 5.41) is 7.03. The second-order valence-corrected chi connectivity index (χ2v) is 7.40. The van der Waals surface area contributed by atoms with E-state index in [-0.39, 0.29) is 6.03 Å². The minimum Gasteiger partial charge on any atom is -0.337 e. The van der Waals surface area contributed by atoms with Crippen molar-refractivity contribution in [2.45, 2.75) is 0 Å². The lowest BCUT2D eigenvalue weighted by Crippen LogP contribution is -2.31. The van der Waals surface area contributed by atoms with E-state index in [9.17, 15) is 4.79 Å². The van der Waals surface area contributed by atoms with Crippen LogP contribution in [0.15, 0.2) is 71.6 Å². The molecular weight excluding hydrogens is 382 g/mol. The molecule has 0 radical (unpaired) electrons. The van der Waals surface area contributed by atoms with Gasteiger partial charge in [-0.05, 0) is 29.7 Å². The van der Waals surface area contributed by atoms with Crippen LogP contribution >= 0.6 is 11.3 Å². The SMILES string of the molecule is CN(C(=O)Nc1ccc2[nH]c(-c3cscn3)nc2c1)c1cccc2ccccc12. The van der Waals surface area contributed by atoms with Crippen LogP contribution in [0.4, 0.5) is 16.2 Å². The van der Waals surface area contributed by atoms with Gasteiger partial charge in [-0.2, -0.15) is 0 Å². The molecule has 7 heteroatoms. The average Bonchev–Trinajstić information content (AvgIpc) is 3.42. The lowest BCUT2D eigenvalue weighted by Gasteiger charge is -2.20. The molecule has 0 aliphatic heterocycles. The molecule has 6 nitrogen and oxygen atoms in total. The number of carbonyl (C=O) groups is 1. The first-order valence-corrected chi connectivity index (χ1v) is 10.0. The van der Waals surface area contributed by atoms with Crippen LogP contribution in [0.3, 0.4) is 0 Å². The fourth-order valence-electron chi connectivity index (χ4n) is 3.35. The minimum absolute atomic E-state index is 0.212. The number of H-pyrrole nitrogens is 1. The summed E-state index contributed by atoms with van der Waals surface area (Å²) in [6.07, 6.45) is 0. The van der Waals surface area contributed by atoms with Crippen molar-refractivity contribution in [1.82, 2.24) is 15.0 Å². The maximum absolute atomic E-state index is 12.9. The van der Waals surface area contributed by atoms with Gasteiger partial charge in [0, 0.05) is 23.5 Å². The first-order valence-electron chi connectivity index (χ1n) is 9.10. The number of anilines is 2. The minimum atomic E-state index is -0.212. The van der Waals surface area contributed by atoms with Crippen molar-refractivity contribution in [2.24, 2.45) is 0 Å². The van der Waals surface area contributed by atoms with Gasteiger partial charge in [0.05, 0.1) is 22.2 Å². The number of imidazole rings is 1. The van der Waals surface area contributed by atoms with Gasteiger partial charge in [0.15, 0.2) is 5.82 Å². The lowest BCUT2D eigenvalue weighted by atomic mass is 10.1. The van der Waals surface area contributed by atoms with E-state index in [0.717, 1.165) is 39.0 Å². The molecule has 0 atom stereocenters. The van der Waals surface area contributed by atoms with Crippen molar-refractivity contribution in [3.8, 4) is 11.5 Å². The third kappa shape index (κ3) is 3.21. The van der Waals surface area contributed by atoms with Gasteiger partial charge in [-0.3, -0.25) is 4.90 Å². The Morgan fingerprint density at radius 1 is 1.10 bits per heavy atom. The van der Waals surface area contributed by atoms with Crippen molar-refractivity contribution in [3.05, 3.63) is 71.6 Å². The van der Waals surface area contributed by atoms with E-state index in [1.165, 1.54) is 11.3 Å². The summed E-state index contributed by atoms with van der Waals surface area (Å²) >= 11 is 1.52. The van der Waals surface area contributed by atoms with E-state index in [0.29, 0.717) is 5.69 Å². The van der Waals surface area contributed by atoms with Gasteiger partial charge in [-0.25, -0.2) is 14.8 Å². The summed E-state index contributed by atoms with van der Waals surface area (Å²) < 4.78 is 0. The first-order chi connectivity index (χ1) is 14.2. The Morgan fingerprint density at radius 3 is 2.83 bits per heavy atom. The number of aromatic nitrogens is 3. The molecule has 0 saturated carbocycles. The highest BCUT2D eigenvalue weighted by molar-refractivity contribution is 7.07. The number of urea groups is 1. The number of nitrogens with one attached hydrogen (secondary N) is 2. The number of amides is 2.